The standard InChI is InChI=1S/C23H18N.C21H22N.C20H20N.C17H13FN.4C5H8O2.4Ir/c1-16-12-17(2)14-21(13-16)22-11-10-19-8-9-20(15-23(19)24-22)18-6-4-3-5-7-18;1-14(2)9-17-5-6-18-7-8-20(22-21(18)13-17)19-11-15(3)10-16(4)12-19;1-13(2)17-6-5-16-7-8-19(21-20(16)12-17)18-10-14(3)9-15(4)11-18;1-11-8-12(2)10-13(9-11)16-7-6-14-15(18)4-3-5-17(14)19-16;4*1-4(6)3-5(2)7;;;;/h3-13,15H,1-2H3;5-8,10-11,13-14H,9H2,1-4H3;5-10,12-13H,1-4H3;3-9H,1-2H3;4*3,6H,1-2H3;;;;/q4*-1;;;;;;;;. The molecule has 13 aromatic rings. The van der Waals surface area contributed by atoms with Gasteiger partial charge in [0.05, 0.1) is 45.1 Å². The van der Waals surface area contributed by atoms with Crippen molar-refractivity contribution in [1.82, 2.24) is 19.9 Å². The molecule has 17 heteroatoms. The second kappa shape index (κ2) is 51.3. The largest absolute Gasteiger partial charge is 0.512 e. The van der Waals surface area contributed by atoms with Gasteiger partial charge in [-0.15, -0.1) is 140 Å². The number of aliphatic hydroxyl groups excluding tert-OH is 4. The van der Waals surface area contributed by atoms with E-state index in [1.165, 1.54) is 141 Å². The zero-order chi connectivity index (χ0) is 84.0. The summed E-state index contributed by atoms with van der Waals surface area (Å²) in [6.07, 6.45) is 5.76. The number of carbonyl (C=O) groups is 4. The monoisotopic (exact) mass is 2290 g/mol. The van der Waals surface area contributed by atoms with Gasteiger partial charge in [-0.1, -0.05) is 204 Å². The van der Waals surface area contributed by atoms with Crippen molar-refractivity contribution in [1.29, 1.82) is 0 Å². The summed E-state index contributed by atoms with van der Waals surface area (Å²) in [4.78, 5) is 59.2. The topological polar surface area (TPSA) is 201 Å². The molecule has 0 fully saturated rings. The molecule has 118 heavy (non-hydrogen) atoms. The summed E-state index contributed by atoms with van der Waals surface area (Å²) in [6, 6.07) is 81.8. The van der Waals surface area contributed by atoms with Crippen LogP contribution in [0.4, 0.5) is 4.39 Å². The fraction of sp³-hybridized carbons (Fsp3) is 0.228. The Hall–Kier alpha value is -10.0. The number of aryl methyl sites for hydroxylation is 8. The fourth-order valence-corrected chi connectivity index (χ4v) is 12.2. The predicted molar refractivity (Wildman–Crippen MR) is 468 cm³/mol. The predicted octanol–water partition coefficient (Wildman–Crippen LogP) is 25.5. The van der Waals surface area contributed by atoms with E-state index in [-0.39, 0.29) is 132 Å². The molecule has 12 nitrogen and oxygen atoms in total. The van der Waals surface area contributed by atoms with Crippen molar-refractivity contribution in [2.45, 2.75) is 151 Å². The summed E-state index contributed by atoms with van der Waals surface area (Å²) < 4.78 is 13.6. The van der Waals surface area contributed by atoms with Crippen LogP contribution in [0.3, 0.4) is 0 Å². The van der Waals surface area contributed by atoms with Gasteiger partial charge < -0.3 is 20.4 Å². The van der Waals surface area contributed by atoms with Crippen molar-refractivity contribution in [3.63, 3.8) is 0 Å². The maximum atomic E-state index is 13.6. The van der Waals surface area contributed by atoms with Crippen LogP contribution in [-0.2, 0) is 106 Å². The van der Waals surface area contributed by atoms with Crippen LogP contribution in [0, 0.1) is 91.4 Å². The first-order valence-corrected chi connectivity index (χ1v) is 37.7. The molecule has 0 saturated carbocycles. The van der Waals surface area contributed by atoms with Crippen LogP contribution < -0.4 is 0 Å². The van der Waals surface area contributed by atoms with E-state index in [0.717, 1.165) is 95.6 Å². The molecule has 9 aromatic carbocycles. The molecule has 13 rings (SSSR count). The van der Waals surface area contributed by atoms with Crippen LogP contribution in [0.1, 0.15) is 145 Å². The Kier molecular flexibility index (Phi) is 45.3. The fourth-order valence-electron chi connectivity index (χ4n) is 12.2. The van der Waals surface area contributed by atoms with E-state index in [0.29, 0.717) is 22.7 Å². The third-order valence-corrected chi connectivity index (χ3v) is 16.6. The zero-order valence-corrected chi connectivity index (χ0v) is 80.2. The molecule has 0 aliphatic carbocycles. The van der Waals surface area contributed by atoms with Crippen LogP contribution in [0.15, 0.2) is 248 Å². The summed E-state index contributed by atoms with van der Waals surface area (Å²) in [5, 5.41) is 37.5. The Morgan fingerprint density at radius 2 is 0.669 bits per heavy atom. The van der Waals surface area contributed by atoms with Gasteiger partial charge in [-0.25, -0.2) is 4.39 Å². The number of nitrogens with zero attached hydrogens (tertiary/aromatic N) is 4. The normalized spacial score (nSPS) is 10.8. The number of carbonyl (C=O) groups excluding carboxylic acids is 4. The SMILES string of the molecule is CC(=O)C=C(C)O.CC(=O)C=C(C)O.CC(=O)C=C(C)O.CC(=O)C=C(C)O.Cc1[c-]c(-c2ccc3c(F)cccc3n2)cc(C)c1.Cc1[c-]c(-c2ccc3ccc(-c4ccccc4)cc3n2)cc(C)c1.Cc1[c-]c(-c2ccc3ccc(C(C)C)cc3n2)cc(C)c1.Cc1[c-]c(-c2ccc3ccc(CC(C)C)cc3n2)cc(C)c1.[Ir].[Ir].[Ir].[Ir]. The number of halogens is 1. The molecule has 624 valence electrons. The van der Waals surface area contributed by atoms with Crippen LogP contribution >= 0.6 is 0 Å². The van der Waals surface area contributed by atoms with Gasteiger partial charge in [-0.3, -0.25) is 39.1 Å². The van der Waals surface area contributed by atoms with Gasteiger partial charge in [0, 0.05) is 110 Å². The van der Waals surface area contributed by atoms with Gasteiger partial charge in [0.2, 0.25) is 0 Å². The molecule has 0 bridgehead atoms. The van der Waals surface area contributed by atoms with E-state index in [2.05, 4.69) is 256 Å². The van der Waals surface area contributed by atoms with Crippen molar-refractivity contribution in [2.24, 2.45) is 5.92 Å². The first-order valence-electron chi connectivity index (χ1n) is 37.7. The molecular formula is C101H105FIr4N4O8-4. The van der Waals surface area contributed by atoms with Gasteiger partial charge in [0.15, 0.2) is 23.1 Å². The minimum Gasteiger partial charge on any atom is -0.512 e. The molecule has 0 atom stereocenters. The summed E-state index contributed by atoms with van der Waals surface area (Å²) >= 11 is 0. The Bertz CT molecular complexity index is 5470. The maximum Gasteiger partial charge on any atom is 0.155 e. The minimum atomic E-state index is -0.235. The number of fused-ring (bicyclic) bond motifs is 4. The molecule has 0 spiro atoms. The average molecular weight is 2290 g/mol. The number of aromatic nitrogens is 4. The molecule has 0 amide bonds. The number of pyridine rings is 4. The van der Waals surface area contributed by atoms with Gasteiger partial charge in [-0.05, 0) is 165 Å². The third kappa shape index (κ3) is 36.5. The molecule has 0 aliphatic rings. The van der Waals surface area contributed by atoms with Crippen molar-refractivity contribution in [3.8, 4) is 56.2 Å². The Balaban J connectivity index is 0.000000477. The molecular weight excluding hydrogens is 2180 g/mol. The average Bonchev–Trinajstić information content (AvgIpc) is 0.812. The molecule has 0 unspecified atom stereocenters. The minimum absolute atomic E-state index is 0. The summed E-state index contributed by atoms with van der Waals surface area (Å²) in [5.74, 6) is 0.696. The summed E-state index contributed by atoms with van der Waals surface area (Å²) in [7, 11) is 0. The van der Waals surface area contributed by atoms with Crippen LogP contribution in [0.25, 0.3) is 99.8 Å². The molecule has 4 radical (unpaired) electrons. The first-order chi connectivity index (χ1) is 53.9. The van der Waals surface area contributed by atoms with Crippen molar-refractivity contribution < 1.29 is 124 Å². The van der Waals surface area contributed by atoms with Crippen molar-refractivity contribution in [2.75, 3.05) is 0 Å². The number of hydrogen-bond donors (Lipinski definition) is 4. The molecule has 0 aliphatic heterocycles. The van der Waals surface area contributed by atoms with E-state index < -0.39 is 0 Å². The van der Waals surface area contributed by atoms with Gasteiger partial charge in [0.1, 0.15) is 5.82 Å². The number of benzene rings is 9. The van der Waals surface area contributed by atoms with E-state index in [1.54, 1.807) is 12.1 Å². The molecule has 0 saturated heterocycles. The van der Waals surface area contributed by atoms with Gasteiger partial charge in [-0.2, -0.15) is 0 Å². The number of ketones is 4. The second-order valence-corrected chi connectivity index (χ2v) is 29.2. The molecule has 4 heterocycles. The first kappa shape index (κ1) is 104. The quantitative estimate of drug-likeness (QED) is 0.0513. The van der Waals surface area contributed by atoms with Crippen molar-refractivity contribution in [3.05, 3.63) is 333 Å². The number of allylic oxidation sites excluding steroid dienone is 8. The Morgan fingerprint density at radius 3 is 1.00 bits per heavy atom. The van der Waals surface area contributed by atoms with Crippen LogP contribution in [0.5, 0.6) is 0 Å². The van der Waals surface area contributed by atoms with E-state index in [9.17, 15) is 23.6 Å². The summed E-state index contributed by atoms with van der Waals surface area (Å²) in [5.41, 5.74) is 26.3. The summed E-state index contributed by atoms with van der Waals surface area (Å²) in [6.45, 7) is 36.9. The number of hydrogen-bond acceptors (Lipinski definition) is 12. The Morgan fingerprint density at radius 1 is 0.347 bits per heavy atom. The molecule has 4 aromatic heterocycles. The van der Waals surface area contributed by atoms with E-state index in [1.807, 2.05) is 38.1 Å². The van der Waals surface area contributed by atoms with Crippen LogP contribution in [0.2, 0.25) is 0 Å². The van der Waals surface area contributed by atoms with Crippen molar-refractivity contribution >= 4 is 66.7 Å². The molecule has 4 N–H and O–H groups in total. The van der Waals surface area contributed by atoms with Gasteiger partial charge in [0.25, 0.3) is 0 Å². The second-order valence-electron chi connectivity index (χ2n) is 29.2. The van der Waals surface area contributed by atoms with E-state index in [4.69, 9.17) is 35.4 Å². The van der Waals surface area contributed by atoms with Crippen LogP contribution in [-0.4, -0.2) is 63.5 Å². The number of aliphatic hydroxyl groups is 4. The van der Waals surface area contributed by atoms with E-state index >= 15 is 0 Å². The number of rotatable bonds is 12. The zero-order valence-electron chi connectivity index (χ0n) is 70.6. The van der Waals surface area contributed by atoms with Gasteiger partial charge >= 0.3 is 0 Å². The Labute approximate surface area is 750 Å². The smallest absolute Gasteiger partial charge is 0.155 e. The third-order valence-electron chi connectivity index (χ3n) is 16.6. The maximum absolute atomic E-state index is 13.6.